The Labute approximate surface area is 153 Å². The van der Waals surface area contributed by atoms with E-state index in [0.717, 1.165) is 16.6 Å². The zero-order chi connectivity index (χ0) is 18.8. The molecule has 3 rings (SSSR count). The molecule has 8 heteroatoms. The fourth-order valence-corrected chi connectivity index (χ4v) is 3.73. The van der Waals surface area contributed by atoms with Gasteiger partial charge in [0.25, 0.3) is 5.91 Å². The van der Waals surface area contributed by atoms with E-state index in [4.69, 9.17) is 10.5 Å². The van der Waals surface area contributed by atoms with Crippen LogP contribution in [0.25, 0.3) is 10.2 Å². The van der Waals surface area contributed by atoms with E-state index in [1.54, 1.807) is 7.11 Å². The first kappa shape index (κ1) is 17.8. The second-order valence-corrected chi connectivity index (χ2v) is 6.70. The Morgan fingerprint density at radius 3 is 2.62 bits per heavy atom. The quantitative estimate of drug-likeness (QED) is 0.709. The van der Waals surface area contributed by atoms with Crippen molar-refractivity contribution in [2.75, 3.05) is 18.2 Å². The minimum absolute atomic E-state index is 0.0354. The number of carboxylic acids is 1. The van der Waals surface area contributed by atoms with Gasteiger partial charge in [-0.05, 0) is 36.2 Å². The number of nitrogens with two attached hydrogens (primary N) is 1. The Kier molecular flexibility index (Phi) is 4.88. The van der Waals surface area contributed by atoms with E-state index in [-0.39, 0.29) is 11.5 Å². The summed E-state index contributed by atoms with van der Waals surface area (Å²) in [6.07, 6.45) is 0. The lowest BCUT2D eigenvalue weighted by molar-refractivity contribution is -0.255. The molecule has 0 bridgehead atoms. The van der Waals surface area contributed by atoms with Crippen molar-refractivity contribution >= 4 is 44.8 Å². The number of nitrogens with zero attached hydrogens (tertiary/aromatic N) is 1. The number of hydrogen-bond donors (Lipinski definition) is 2. The van der Waals surface area contributed by atoms with Gasteiger partial charge in [-0.1, -0.05) is 12.1 Å². The Morgan fingerprint density at radius 2 is 2.00 bits per heavy atom. The average molecular weight is 370 g/mol. The topological polar surface area (TPSA) is 117 Å². The number of fused-ring (bicyclic) bond motifs is 1. The van der Waals surface area contributed by atoms with Gasteiger partial charge in [-0.15, -0.1) is 11.3 Å². The van der Waals surface area contributed by atoms with Gasteiger partial charge in [-0.2, -0.15) is 0 Å². The smallest absolute Gasteiger partial charge is 0.267 e. The van der Waals surface area contributed by atoms with Crippen molar-refractivity contribution in [3.63, 3.8) is 0 Å². The van der Waals surface area contributed by atoms with E-state index in [1.165, 1.54) is 35.6 Å². The molecule has 7 nitrogen and oxygen atoms in total. The number of carboxylic acid groups (broad SMARTS) is 1. The maximum atomic E-state index is 12.6. The van der Waals surface area contributed by atoms with Gasteiger partial charge < -0.3 is 25.7 Å². The normalized spacial score (nSPS) is 10.8. The standard InChI is InChI=1S/C18H17N3O4S/c1-9-7-11(8-25-2)13-14(19)15(26-17(13)20-9)16(22)21-12-5-3-10(4-6-12)18(23)24/h3-7H,8,19H2,1-2H3,(H,21,22)(H,23,24)/p-1. The predicted molar refractivity (Wildman–Crippen MR) is 98.2 cm³/mol. The van der Waals surface area contributed by atoms with Crippen molar-refractivity contribution in [2.45, 2.75) is 13.5 Å². The summed E-state index contributed by atoms with van der Waals surface area (Å²) < 4.78 is 5.21. The SMILES string of the molecule is COCc1cc(C)nc2sc(C(=O)Nc3ccc(C(=O)[O-])cc3)c(N)c12. The highest BCUT2D eigenvalue weighted by atomic mass is 32.1. The van der Waals surface area contributed by atoms with E-state index >= 15 is 0 Å². The van der Waals surface area contributed by atoms with E-state index in [9.17, 15) is 14.7 Å². The number of amides is 1. The number of benzene rings is 1. The van der Waals surface area contributed by atoms with E-state index < -0.39 is 5.97 Å². The van der Waals surface area contributed by atoms with Crippen LogP contribution < -0.4 is 16.2 Å². The van der Waals surface area contributed by atoms with Crippen LogP contribution in [0.2, 0.25) is 0 Å². The highest BCUT2D eigenvalue weighted by Gasteiger charge is 2.20. The molecule has 0 radical (unpaired) electrons. The molecular weight excluding hydrogens is 354 g/mol. The summed E-state index contributed by atoms with van der Waals surface area (Å²) in [6.45, 7) is 2.24. The highest BCUT2D eigenvalue weighted by Crippen LogP contribution is 2.36. The van der Waals surface area contributed by atoms with Crippen molar-refractivity contribution in [3.05, 3.63) is 52.0 Å². The van der Waals surface area contributed by atoms with Crippen LogP contribution in [0, 0.1) is 6.92 Å². The molecule has 0 unspecified atom stereocenters. The maximum Gasteiger partial charge on any atom is 0.267 e. The van der Waals surface area contributed by atoms with Crippen LogP contribution in [0.3, 0.4) is 0 Å². The van der Waals surface area contributed by atoms with Crippen molar-refractivity contribution in [1.29, 1.82) is 0 Å². The van der Waals surface area contributed by atoms with Gasteiger partial charge in [-0.3, -0.25) is 4.79 Å². The summed E-state index contributed by atoms with van der Waals surface area (Å²) in [4.78, 5) is 28.9. The molecule has 3 N–H and O–H groups in total. The molecule has 0 fully saturated rings. The summed E-state index contributed by atoms with van der Waals surface area (Å²) in [5.41, 5.74) is 8.75. The van der Waals surface area contributed by atoms with Crippen LogP contribution in [-0.4, -0.2) is 24.0 Å². The number of nitrogens with one attached hydrogen (secondary N) is 1. The maximum absolute atomic E-state index is 12.6. The number of pyridine rings is 1. The molecule has 0 atom stereocenters. The number of thiophene rings is 1. The number of ether oxygens (including phenoxy) is 1. The zero-order valence-electron chi connectivity index (χ0n) is 14.2. The van der Waals surface area contributed by atoms with Crippen molar-refractivity contribution in [1.82, 2.24) is 4.98 Å². The molecule has 134 valence electrons. The monoisotopic (exact) mass is 370 g/mol. The fourth-order valence-electron chi connectivity index (χ4n) is 2.65. The molecule has 2 heterocycles. The molecule has 0 aliphatic heterocycles. The van der Waals surface area contributed by atoms with Gasteiger partial charge in [0.05, 0.1) is 18.3 Å². The first-order valence-electron chi connectivity index (χ1n) is 7.71. The van der Waals surface area contributed by atoms with E-state index in [0.29, 0.717) is 27.7 Å². The largest absolute Gasteiger partial charge is 0.545 e. The molecule has 0 saturated heterocycles. The molecule has 3 aromatic rings. The van der Waals surface area contributed by atoms with Crippen LogP contribution in [0.4, 0.5) is 11.4 Å². The number of aromatic carboxylic acids is 1. The van der Waals surface area contributed by atoms with Crippen molar-refractivity contribution in [2.24, 2.45) is 0 Å². The molecular formula is C18H16N3O4S-. The van der Waals surface area contributed by atoms with Crippen molar-refractivity contribution < 1.29 is 19.4 Å². The number of methoxy groups -OCH3 is 1. The Morgan fingerprint density at radius 1 is 1.31 bits per heavy atom. The molecule has 1 aromatic carbocycles. The summed E-state index contributed by atoms with van der Waals surface area (Å²) >= 11 is 1.21. The van der Waals surface area contributed by atoms with Crippen LogP contribution in [-0.2, 0) is 11.3 Å². The summed E-state index contributed by atoms with van der Waals surface area (Å²) in [6, 6.07) is 7.59. The summed E-state index contributed by atoms with van der Waals surface area (Å²) in [5.74, 6) is -1.66. The van der Waals surface area contributed by atoms with Crippen LogP contribution >= 0.6 is 11.3 Å². The third-order valence-electron chi connectivity index (χ3n) is 3.79. The average Bonchev–Trinajstić information content (AvgIpc) is 2.92. The number of carbonyl (C=O) groups is 2. The lowest BCUT2D eigenvalue weighted by Crippen LogP contribution is -2.22. The van der Waals surface area contributed by atoms with E-state index in [2.05, 4.69) is 10.3 Å². The summed E-state index contributed by atoms with van der Waals surface area (Å²) in [5, 5.41) is 14.2. The van der Waals surface area contributed by atoms with E-state index in [1.807, 2.05) is 13.0 Å². The van der Waals surface area contributed by atoms with Crippen LogP contribution in [0.15, 0.2) is 30.3 Å². The van der Waals surface area contributed by atoms with Gasteiger partial charge in [-0.25, -0.2) is 4.98 Å². The van der Waals surface area contributed by atoms with Gasteiger partial charge in [0.1, 0.15) is 9.71 Å². The number of rotatable bonds is 5. The number of carbonyl (C=O) groups excluding carboxylic acids is 2. The first-order valence-corrected chi connectivity index (χ1v) is 8.52. The first-order chi connectivity index (χ1) is 12.4. The number of hydrogen-bond acceptors (Lipinski definition) is 7. The Balaban J connectivity index is 1.94. The molecule has 0 spiro atoms. The molecule has 1 amide bonds. The minimum Gasteiger partial charge on any atom is -0.545 e. The van der Waals surface area contributed by atoms with Gasteiger partial charge in [0.15, 0.2) is 0 Å². The lowest BCUT2D eigenvalue weighted by atomic mass is 10.1. The lowest BCUT2D eigenvalue weighted by Gasteiger charge is -2.07. The van der Waals surface area contributed by atoms with Gasteiger partial charge in [0.2, 0.25) is 0 Å². The zero-order valence-corrected chi connectivity index (χ0v) is 15.0. The molecule has 0 saturated carbocycles. The fraction of sp³-hybridized carbons (Fsp3) is 0.167. The Bertz CT molecular complexity index is 996. The molecule has 0 aliphatic rings. The van der Waals surface area contributed by atoms with Gasteiger partial charge >= 0.3 is 0 Å². The predicted octanol–water partition coefficient (Wildman–Crippen LogP) is 1.95. The molecule has 26 heavy (non-hydrogen) atoms. The van der Waals surface area contributed by atoms with Gasteiger partial charge in [0, 0.05) is 23.9 Å². The Hall–Kier alpha value is -2.97. The van der Waals surface area contributed by atoms with Crippen LogP contribution in [0.5, 0.6) is 0 Å². The number of nitrogen functional groups attached to an aromatic ring is 1. The highest BCUT2D eigenvalue weighted by molar-refractivity contribution is 7.21. The molecule has 2 aromatic heterocycles. The third kappa shape index (κ3) is 3.37. The second-order valence-electron chi connectivity index (χ2n) is 5.70. The number of aryl methyl sites for hydroxylation is 1. The summed E-state index contributed by atoms with van der Waals surface area (Å²) in [7, 11) is 1.59. The minimum atomic E-state index is -1.27. The van der Waals surface area contributed by atoms with Crippen LogP contribution in [0.1, 0.15) is 31.3 Å². The number of anilines is 2. The molecule has 0 aliphatic carbocycles. The second kappa shape index (κ2) is 7.11. The number of aromatic nitrogens is 1. The van der Waals surface area contributed by atoms with Crippen molar-refractivity contribution in [3.8, 4) is 0 Å². The third-order valence-corrected chi connectivity index (χ3v) is 4.89.